The third-order valence-electron chi connectivity index (χ3n) is 4.84. The van der Waals surface area contributed by atoms with Crippen molar-refractivity contribution in [2.45, 2.75) is 53.2 Å². The SMILES string of the molecule is CC(=O)c1c(C)n(C)c2cc3c(cc12)CN(C(C)(C)C)C3. The lowest BCUT2D eigenvalue weighted by Crippen LogP contribution is -2.36. The first-order valence-corrected chi connectivity index (χ1v) is 7.57. The molecule has 3 nitrogen and oxygen atoms in total. The van der Waals surface area contributed by atoms with Gasteiger partial charge in [0.2, 0.25) is 0 Å². The molecule has 0 fully saturated rings. The fourth-order valence-electron chi connectivity index (χ4n) is 3.38. The summed E-state index contributed by atoms with van der Waals surface area (Å²) in [7, 11) is 2.05. The molecule has 0 unspecified atom stereocenters. The van der Waals surface area contributed by atoms with Crippen molar-refractivity contribution in [3.8, 4) is 0 Å². The standard InChI is InChI=1S/C18H24N2O/c1-11-17(12(2)21)15-7-13-9-20(18(3,4)5)10-14(13)8-16(15)19(11)6/h7-8H,9-10H2,1-6H3. The zero-order valence-corrected chi connectivity index (χ0v) is 13.9. The number of hydrogen-bond acceptors (Lipinski definition) is 2. The maximum atomic E-state index is 12.0. The molecule has 1 aromatic carbocycles. The van der Waals surface area contributed by atoms with Crippen LogP contribution in [0.25, 0.3) is 10.9 Å². The van der Waals surface area contributed by atoms with Crippen molar-refractivity contribution in [2.24, 2.45) is 7.05 Å². The number of aromatic nitrogens is 1. The lowest BCUT2D eigenvalue weighted by Gasteiger charge is -2.31. The molecule has 0 atom stereocenters. The second-order valence-corrected chi connectivity index (χ2v) is 7.24. The first kappa shape index (κ1) is 14.3. The second kappa shape index (κ2) is 4.44. The van der Waals surface area contributed by atoms with Crippen LogP contribution < -0.4 is 0 Å². The maximum Gasteiger partial charge on any atom is 0.162 e. The Balaban J connectivity index is 2.18. The molecule has 0 spiro atoms. The van der Waals surface area contributed by atoms with Gasteiger partial charge in [0.15, 0.2) is 5.78 Å². The minimum atomic E-state index is 0.156. The van der Waals surface area contributed by atoms with E-state index in [2.05, 4.69) is 42.4 Å². The number of carbonyl (C=O) groups excluding carboxylic acids is 1. The van der Waals surface area contributed by atoms with Crippen LogP contribution in [0.1, 0.15) is 54.9 Å². The van der Waals surface area contributed by atoms with Gasteiger partial charge < -0.3 is 4.57 Å². The zero-order chi connectivity index (χ0) is 15.5. The molecule has 2 aromatic rings. The van der Waals surface area contributed by atoms with Gasteiger partial charge in [-0.25, -0.2) is 0 Å². The molecule has 0 aliphatic carbocycles. The average molecular weight is 284 g/mol. The summed E-state index contributed by atoms with van der Waals surface area (Å²) in [4.78, 5) is 14.5. The molecule has 0 radical (unpaired) electrons. The lowest BCUT2D eigenvalue weighted by atomic mass is 10.0. The Hall–Kier alpha value is -1.61. The molecule has 21 heavy (non-hydrogen) atoms. The van der Waals surface area contributed by atoms with E-state index in [1.807, 2.05) is 14.0 Å². The molecule has 3 rings (SSSR count). The summed E-state index contributed by atoms with van der Waals surface area (Å²) in [5, 5.41) is 1.11. The monoisotopic (exact) mass is 284 g/mol. The molecule has 0 amide bonds. The van der Waals surface area contributed by atoms with Gasteiger partial charge in [0.25, 0.3) is 0 Å². The summed E-state index contributed by atoms with van der Waals surface area (Å²) in [6, 6.07) is 4.51. The number of nitrogens with zero attached hydrogens (tertiary/aromatic N) is 2. The second-order valence-electron chi connectivity index (χ2n) is 7.24. The molecule has 3 heteroatoms. The van der Waals surface area contributed by atoms with E-state index in [4.69, 9.17) is 0 Å². The van der Waals surface area contributed by atoms with Crippen LogP contribution in [0.15, 0.2) is 12.1 Å². The van der Waals surface area contributed by atoms with E-state index in [0.29, 0.717) is 0 Å². The van der Waals surface area contributed by atoms with Crippen molar-refractivity contribution in [3.05, 3.63) is 34.5 Å². The Bertz CT molecular complexity index is 747. The number of Topliss-reactive ketones (excluding diaryl/α,β-unsaturated/α-hetero) is 1. The van der Waals surface area contributed by atoms with E-state index < -0.39 is 0 Å². The van der Waals surface area contributed by atoms with Gasteiger partial charge in [-0.1, -0.05) is 0 Å². The minimum absolute atomic E-state index is 0.156. The molecule has 0 bridgehead atoms. The normalized spacial score (nSPS) is 15.7. The minimum Gasteiger partial charge on any atom is -0.347 e. The molecule has 0 saturated carbocycles. The molecular weight excluding hydrogens is 260 g/mol. The molecule has 0 saturated heterocycles. The van der Waals surface area contributed by atoms with E-state index in [-0.39, 0.29) is 11.3 Å². The van der Waals surface area contributed by atoms with Gasteiger partial charge in [-0.15, -0.1) is 0 Å². The van der Waals surface area contributed by atoms with Crippen LogP contribution in [0.5, 0.6) is 0 Å². The van der Waals surface area contributed by atoms with Gasteiger partial charge in [0, 0.05) is 47.8 Å². The fraction of sp³-hybridized carbons (Fsp3) is 0.500. The summed E-state index contributed by atoms with van der Waals surface area (Å²) in [5.74, 6) is 0.156. The largest absolute Gasteiger partial charge is 0.347 e. The van der Waals surface area contributed by atoms with Crippen molar-refractivity contribution in [1.29, 1.82) is 0 Å². The van der Waals surface area contributed by atoms with Crippen LogP contribution in [0, 0.1) is 6.92 Å². The smallest absolute Gasteiger partial charge is 0.162 e. The number of carbonyl (C=O) groups is 1. The van der Waals surface area contributed by atoms with Crippen molar-refractivity contribution in [2.75, 3.05) is 0 Å². The Morgan fingerprint density at radius 2 is 1.71 bits per heavy atom. The Labute approximate surface area is 126 Å². The first-order chi connectivity index (χ1) is 9.70. The summed E-state index contributed by atoms with van der Waals surface area (Å²) in [5.41, 5.74) is 6.05. The van der Waals surface area contributed by atoms with Crippen LogP contribution in [0.3, 0.4) is 0 Å². The van der Waals surface area contributed by atoms with E-state index in [1.54, 1.807) is 6.92 Å². The number of fused-ring (bicyclic) bond motifs is 2. The summed E-state index contributed by atoms with van der Waals surface area (Å²) in [6.45, 7) is 12.4. The Morgan fingerprint density at radius 1 is 1.14 bits per heavy atom. The van der Waals surface area contributed by atoms with Crippen LogP contribution >= 0.6 is 0 Å². The third kappa shape index (κ3) is 2.11. The Morgan fingerprint density at radius 3 is 2.24 bits per heavy atom. The highest BCUT2D eigenvalue weighted by atomic mass is 16.1. The average Bonchev–Trinajstić information content (AvgIpc) is 2.88. The van der Waals surface area contributed by atoms with Gasteiger partial charge in [0.1, 0.15) is 0 Å². The number of rotatable bonds is 1. The highest BCUT2D eigenvalue weighted by Crippen LogP contribution is 2.34. The maximum absolute atomic E-state index is 12.0. The highest BCUT2D eigenvalue weighted by Gasteiger charge is 2.29. The van der Waals surface area contributed by atoms with Crippen LogP contribution in [-0.2, 0) is 20.1 Å². The summed E-state index contributed by atoms with van der Waals surface area (Å²) >= 11 is 0. The van der Waals surface area contributed by atoms with Crippen molar-refractivity contribution in [3.63, 3.8) is 0 Å². The van der Waals surface area contributed by atoms with Crippen molar-refractivity contribution >= 4 is 16.7 Å². The zero-order valence-electron chi connectivity index (χ0n) is 13.9. The molecule has 2 heterocycles. The van der Waals surface area contributed by atoms with Crippen molar-refractivity contribution < 1.29 is 4.79 Å². The molecule has 1 aliphatic heterocycles. The number of benzene rings is 1. The molecule has 0 N–H and O–H groups in total. The van der Waals surface area contributed by atoms with Crippen molar-refractivity contribution in [1.82, 2.24) is 9.47 Å². The molecule has 1 aliphatic rings. The third-order valence-corrected chi connectivity index (χ3v) is 4.84. The predicted molar refractivity (Wildman–Crippen MR) is 86.7 cm³/mol. The quantitative estimate of drug-likeness (QED) is 0.744. The number of hydrogen-bond donors (Lipinski definition) is 0. The molecular formula is C18H24N2O. The van der Waals surface area contributed by atoms with Gasteiger partial charge in [-0.3, -0.25) is 9.69 Å². The van der Waals surface area contributed by atoms with Gasteiger partial charge in [-0.2, -0.15) is 0 Å². The van der Waals surface area contributed by atoms with E-state index in [0.717, 1.165) is 29.7 Å². The fourth-order valence-corrected chi connectivity index (χ4v) is 3.38. The van der Waals surface area contributed by atoms with Gasteiger partial charge in [0.05, 0.1) is 0 Å². The van der Waals surface area contributed by atoms with Crippen LogP contribution in [0.2, 0.25) is 0 Å². The number of ketones is 1. The van der Waals surface area contributed by atoms with Gasteiger partial charge in [-0.05, 0) is 57.9 Å². The summed E-state index contributed by atoms with van der Waals surface area (Å²) in [6.07, 6.45) is 0. The first-order valence-electron chi connectivity index (χ1n) is 7.57. The van der Waals surface area contributed by atoms with E-state index in [1.165, 1.54) is 16.6 Å². The molecule has 1 aromatic heterocycles. The number of aryl methyl sites for hydroxylation is 1. The lowest BCUT2D eigenvalue weighted by molar-refractivity contribution is 0.101. The summed E-state index contributed by atoms with van der Waals surface area (Å²) < 4.78 is 2.14. The van der Waals surface area contributed by atoms with E-state index in [9.17, 15) is 4.79 Å². The van der Waals surface area contributed by atoms with Gasteiger partial charge >= 0.3 is 0 Å². The predicted octanol–water partition coefficient (Wildman–Crippen LogP) is 3.80. The highest BCUT2D eigenvalue weighted by molar-refractivity contribution is 6.08. The van der Waals surface area contributed by atoms with Crippen LogP contribution in [0.4, 0.5) is 0 Å². The van der Waals surface area contributed by atoms with E-state index >= 15 is 0 Å². The Kier molecular flexibility index (Phi) is 3.03. The molecule has 112 valence electrons. The van der Waals surface area contributed by atoms with Crippen LogP contribution in [-0.4, -0.2) is 20.8 Å². The topological polar surface area (TPSA) is 25.2 Å².